The molecule has 0 aliphatic carbocycles. The smallest absolute Gasteiger partial charge is 0.257 e. The fourth-order valence-electron chi connectivity index (χ4n) is 1.60. The zero-order chi connectivity index (χ0) is 14.7. The molecule has 102 valence electrons. The molecule has 0 saturated heterocycles. The second kappa shape index (κ2) is 5.35. The van der Waals surface area contributed by atoms with E-state index in [0.29, 0.717) is 16.9 Å². The quantitative estimate of drug-likeness (QED) is 0.374. The largest absolute Gasteiger partial charge is 0.398 e. The van der Waals surface area contributed by atoms with Crippen molar-refractivity contribution in [3.05, 3.63) is 47.5 Å². The number of nitrogens with two attached hydrogens (primary N) is 2. The first kappa shape index (κ1) is 13.5. The summed E-state index contributed by atoms with van der Waals surface area (Å²) in [4.78, 5) is 19.8. The number of nitrogens with one attached hydrogen (secondary N) is 2. The second-order valence-corrected chi connectivity index (χ2v) is 4.25. The van der Waals surface area contributed by atoms with Gasteiger partial charge < -0.3 is 16.8 Å². The molecule has 7 nitrogen and oxygen atoms in total. The van der Waals surface area contributed by atoms with E-state index in [4.69, 9.17) is 16.9 Å². The van der Waals surface area contributed by atoms with Gasteiger partial charge in [0.05, 0.1) is 23.6 Å². The van der Waals surface area contributed by atoms with Crippen LogP contribution in [0.15, 0.2) is 30.6 Å². The third-order valence-electron chi connectivity index (χ3n) is 2.60. The van der Waals surface area contributed by atoms with Crippen LogP contribution in [0.1, 0.15) is 21.7 Å². The van der Waals surface area contributed by atoms with Gasteiger partial charge in [0, 0.05) is 5.69 Å². The van der Waals surface area contributed by atoms with E-state index in [1.807, 2.05) is 13.0 Å². The van der Waals surface area contributed by atoms with Gasteiger partial charge in [0.25, 0.3) is 5.91 Å². The standard InChI is InChI=1S/C13H14N6O/c1-7-2-3-10(14)9(4-7)13(20)19-8-5-17-12(11(15)16)18-6-8/h2-6H,14H2,1H3,(H3,15,16)(H,19,20). The molecular formula is C13H14N6O. The van der Waals surface area contributed by atoms with Crippen LogP contribution in [0.4, 0.5) is 11.4 Å². The molecule has 2 rings (SSSR count). The number of hydrogen-bond donors (Lipinski definition) is 4. The Hall–Kier alpha value is -2.96. The zero-order valence-electron chi connectivity index (χ0n) is 10.8. The number of benzene rings is 1. The van der Waals surface area contributed by atoms with Crippen LogP contribution < -0.4 is 16.8 Å². The number of amidine groups is 1. The lowest BCUT2D eigenvalue weighted by molar-refractivity contribution is 0.102. The van der Waals surface area contributed by atoms with Crippen molar-refractivity contribution in [3.8, 4) is 0 Å². The summed E-state index contributed by atoms with van der Waals surface area (Å²) in [5.74, 6) is -0.464. The fourth-order valence-corrected chi connectivity index (χ4v) is 1.60. The molecule has 0 spiro atoms. The van der Waals surface area contributed by atoms with Crippen molar-refractivity contribution >= 4 is 23.1 Å². The molecule has 1 heterocycles. The van der Waals surface area contributed by atoms with Crippen molar-refractivity contribution in [2.24, 2.45) is 5.73 Å². The molecule has 0 radical (unpaired) electrons. The Bertz CT molecular complexity index is 665. The predicted molar refractivity (Wildman–Crippen MR) is 76.6 cm³/mol. The van der Waals surface area contributed by atoms with E-state index < -0.39 is 0 Å². The highest BCUT2D eigenvalue weighted by molar-refractivity contribution is 6.07. The first-order chi connectivity index (χ1) is 9.47. The number of aryl methyl sites for hydroxylation is 1. The van der Waals surface area contributed by atoms with Crippen LogP contribution in [-0.4, -0.2) is 21.7 Å². The maximum atomic E-state index is 12.1. The lowest BCUT2D eigenvalue weighted by Gasteiger charge is -2.08. The minimum atomic E-state index is -0.342. The molecule has 1 aromatic heterocycles. The number of amides is 1. The molecule has 0 fully saturated rings. The van der Waals surface area contributed by atoms with Gasteiger partial charge in [-0.3, -0.25) is 10.2 Å². The van der Waals surface area contributed by atoms with Crippen LogP contribution >= 0.6 is 0 Å². The molecule has 0 aliphatic rings. The molecule has 0 unspecified atom stereocenters. The first-order valence-electron chi connectivity index (χ1n) is 5.81. The number of hydrogen-bond acceptors (Lipinski definition) is 5. The van der Waals surface area contributed by atoms with E-state index in [0.717, 1.165) is 5.56 Å². The van der Waals surface area contributed by atoms with Crippen molar-refractivity contribution in [2.45, 2.75) is 6.92 Å². The molecule has 7 heteroatoms. The maximum absolute atomic E-state index is 12.1. The normalized spacial score (nSPS) is 10.1. The average Bonchev–Trinajstić information content (AvgIpc) is 2.42. The van der Waals surface area contributed by atoms with E-state index >= 15 is 0 Å². The Morgan fingerprint density at radius 2 is 1.95 bits per heavy atom. The molecule has 1 aromatic carbocycles. The van der Waals surface area contributed by atoms with Gasteiger partial charge in [0.2, 0.25) is 0 Å². The minimum absolute atomic E-state index is 0.109. The molecule has 1 amide bonds. The molecule has 0 atom stereocenters. The summed E-state index contributed by atoms with van der Waals surface area (Å²) >= 11 is 0. The van der Waals surface area contributed by atoms with Crippen molar-refractivity contribution in [1.29, 1.82) is 5.41 Å². The highest BCUT2D eigenvalue weighted by Crippen LogP contribution is 2.15. The van der Waals surface area contributed by atoms with Gasteiger partial charge in [0.15, 0.2) is 11.7 Å². The third kappa shape index (κ3) is 2.89. The number of nitrogens with zero attached hydrogens (tertiary/aromatic N) is 2. The Balaban J connectivity index is 2.19. The van der Waals surface area contributed by atoms with Gasteiger partial charge >= 0.3 is 0 Å². The van der Waals surface area contributed by atoms with E-state index in [1.54, 1.807) is 12.1 Å². The highest BCUT2D eigenvalue weighted by atomic mass is 16.1. The van der Waals surface area contributed by atoms with Crippen LogP contribution in [0.25, 0.3) is 0 Å². The number of anilines is 2. The molecule has 0 saturated carbocycles. The summed E-state index contributed by atoms with van der Waals surface area (Å²) in [7, 11) is 0. The van der Waals surface area contributed by atoms with Crippen molar-refractivity contribution in [1.82, 2.24) is 9.97 Å². The highest BCUT2D eigenvalue weighted by Gasteiger charge is 2.11. The van der Waals surface area contributed by atoms with Gasteiger partial charge in [-0.1, -0.05) is 11.6 Å². The molecule has 0 aliphatic heterocycles. The Morgan fingerprint density at radius 3 is 2.55 bits per heavy atom. The number of carbonyl (C=O) groups is 1. The maximum Gasteiger partial charge on any atom is 0.257 e. The van der Waals surface area contributed by atoms with E-state index in [2.05, 4.69) is 15.3 Å². The van der Waals surface area contributed by atoms with Crippen LogP contribution in [0, 0.1) is 12.3 Å². The van der Waals surface area contributed by atoms with Crippen LogP contribution in [0.2, 0.25) is 0 Å². The number of carbonyl (C=O) groups excluding carboxylic acids is 1. The molecule has 20 heavy (non-hydrogen) atoms. The van der Waals surface area contributed by atoms with Crippen LogP contribution in [0.5, 0.6) is 0 Å². The van der Waals surface area contributed by atoms with Gasteiger partial charge in [0.1, 0.15) is 0 Å². The topological polar surface area (TPSA) is 131 Å². The third-order valence-corrected chi connectivity index (χ3v) is 2.60. The summed E-state index contributed by atoms with van der Waals surface area (Å²) in [5, 5.41) is 9.82. The van der Waals surface area contributed by atoms with E-state index in [9.17, 15) is 4.79 Å². The fraction of sp³-hybridized carbons (Fsp3) is 0.0769. The number of nitrogen functional groups attached to an aromatic ring is 2. The lowest BCUT2D eigenvalue weighted by Crippen LogP contribution is -2.17. The summed E-state index contributed by atoms with van der Waals surface area (Å²) < 4.78 is 0. The van der Waals surface area contributed by atoms with Crippen molar-refractivity contribution < 1.29 is 4.79 Å². The molecule has 6 N–H and O–H groups in total. The predicted octanol–water partition coefficient (Wildman–Crippen LogP) is 0.904. The van der Waals surface area contributed by atoms with E-state index in [1.165, 1.54) is 12.4 Å². The van der Waals surface area contributed by atoms with Gasteiger partial charge in [-0.2, -0.15) is 0 Å². The average molecular weight is 270 g/mol. The monoisotopic (exact) mass is 270 g/mol. The summed E-state index contributed by atoms with van der Waals surface area (Å²) in [6.07, 6.45) is 2.77. The lowest BCUT2D eigenvalue weighted by atomic mass is 10.1. The minimum Gasteiger partial charge on any atom is -0.398 e. The van der Waals surface area contributed by atoms with Crippen molar-refractivity contribution in [3.63, 3.8) is 0 Å². The molecular weight excluding hydrogens is 256 g/mol. The van der Waals surface area contributed by atoms with Crippen LogP contribution in [0.3, 0.4) is 0 Å². The first-order valence-corrected chi connectivity index (χ1v) is 5.81. The summed E-state index contributed by atoms with van der Waals surface area (Å²) in [6.45, 7) is 1.88. The Labute approximate surface area is 115 Å². The van der Waals surface area contributed by atoms with Gasteiger partial charge in [-0.25, -0.2) is 9.97 Å². The van der Waals surface area contributed by atoms with Crippen molar-refractivity contribution in [2.75, 3.05) is 11.1 Å². The Morgan fingerprint density at radius 1 is 1.30 bits per heavy atom. The SMILES string of the molecule is Cc1ccc(N)c(C(=O)Nc2cnc(C(=N)N)nc2)c1. The van der Waals surface area contributed by atoms with Gasteiger partial charge in [-0.15, -0.1) is 0 Å². The Kier molecular flexibility index (Phi) is 3.60. The summed E-state index contributed by atoms with van der Waals surface area (Å²) in [5.41, 5.74) is 13.1. The zero-order valence-corrected chi connectivity index (χ0v) is 10.8. The molecule has 0 bridgehead atoms. The molecule has 2 aromatic rings. The number of rotatable bonds is 3. The summed E-state index contributed by atoms with van der Waals surface area (Å²) in [6, 6.07) is 5.21. The van der Waals surface area contributed by atoms with Gasteiger partial charge in [-0.05, 0) is 19.1 Å². The second-order valence-electron chi connectivity index (χ2n) is 4.25. The van der Waals surface area contributed by atoms with Crippen LogP contribution in [-0.2, 0) is 0 Å². The number of aromatic nitrogens is 2. The van der Waals surface area contributed by atoms with E-state index in [-0.39, 0.29) is 17.6 Å².